The normalized spacial score (nSPS) is 10.1. The summed E-state index contributed by atoms with van der Waals surface area (Å²) in [6.07, 6.45) is 4.83. The highest BCUT2D eigenvalue weighted by Crippen LogP contribution is 2.23. The van der Waals surface area contributed by atoms with E-state index in [0.29, 0.717) is 17.1 Å². The summed E-state index contributed by atoms with van der Waals surface area (Å²) in [5, 5.41) is 9.12. The van der Waals surface area contributed by atoms with Crippen LogP contribution in [0.2, 0.25) is 0 Å². The quantitative estimate of drug-likeness (QED) is 0.853. The fraction of sp³-hybridized carbons (Fsp3) is 0.167. The molecule has 1 N–H and O–H groups in total. The molecule has 0 aliphatic heterocycles. The summed E-state index contributed by atoms with van der Waals surface area (Å²) in [6, 6.07) is 5.41. The van der Waals surface area contributed by atoms with Gasteiger partial charge in [-0.15, -0.1) is 0 Å². The summed E-state index contributed by atoms with van der Waals surface area (Å²) in [5.41, 5.74) is 1.64. The van der Waals surface area contributed by atoms with E-state index < -0.39 is 0 Å². The molecule has 0 amide bonds. The van der Waals surface area contributed by atoms with Crippen LogP contribution in [0.25, 0.3) is 0 Å². The van der Waals surface area contributed by atoms with Gasteiger partial charge in [0.2, 0.25) is 0 Å². The maximum atomic E-state index is 9.12. The molecule has 0 fully saturated rings. The Morgan fingerprint density at radius 3 is 2.81 bits per heavy atom. The van der Waals surface area contributed by atoms with Crippen molar-refractivity contribution in [2.24, 2.45) is 0 Å². The van der Waals surface area contributed by atoms with Gasteiger partial charge < -0.3 is 9.84 Å². The summed E-state index contributed by atoms with van der Waals surface area (Å²) < 4.78 is 5.57. The molecular weight excluding hydrogens is 204 g/mol. The molecule has 2 rings (SSSR count). The molecule has 0 bridgehead atoms. The number of hydrogen-bond donors (Lipinski definition) is 1. The third-order valence-electron chi connectivity index (χ3n) is 2.15. The Kier molecular flexibility index (Phi) is 3.12. The van der Waals surface area contributed by atoms with Crippen LogP contribution in [0, 0.1) is 6.92 Å². The first-order valence-corrected chi connectivity index (χ1v) is 4.94. The average Bonchev–Trinajstić information content (AvgIpc) is 2.33. The lowest BCUT2D eigenvalue weighted by atomic mass is 10.2. The number of aryl methyl sites for hydroxylation is 1. The molecule has 0 aliphatic carbocycles. The first-order chi connectivity index (χ1) is 7.79. The molecule has 0 atom stereocenters. The van der Waals surface area contributed by atoms with Crippen molar-refractivity contribution in [3.63, 3.8) is 0 Å². The van der Waals surface area contributed by atoms with E-state index in [9.17, 15) is 0 Å². The fourth-order valence-electron chi connectivity index (χ4n) is 1.27. The smallest absolute Gasteiger partial charge is 0.151 e. The lowest BCUT2D eigenvalue weighted by Gasteiger charge is -2.08. The van der Waals surface area contributed by atoms with Crippen molar-refractivity contribution in [1.29, 1.82) is 0 Å². The van der Waals surface area contributed by atoms with Crippen molar-refractivity contribution in [3.05, 3.63) is 48.0 Å². The predicted octanol–water partition coefficient (Wildman–Crippen LogP) is 2.07. The van der Waals surface area contributed by atoms with E-state index in [0.717, 1.165) is 5.69 Å². The number of hydrogen-bond acceptors (Lipinski definition) is 4. The van der Waals surface area contributed by atoms with E-state index in [1.165, 1.54) is 0 Å². The third kappa shape index (κ3) is 2.35. The highest BCUT2D eigenvalue weighted by Gasteiger charge is 2.03. The molecule has 0 spiro atoms. The lowest BCUT2D eigenvalue weighted by molar-refractivity contribution is 0.276. The van der Waals surface area contributed by atoms with E-state index in [4.69, 9.17) is 9.84 Å². The van der Waals surface area contributed by atoms with E-state index in [1.54, 1.807) is 24.7 Å². The van der Waals surface area contributed by atoms with Gasteiger partial charge in [-0.3, -0.25) is 9.97 Å². The van der Waals surface area contributed by atoms with E-state index in [1.807, 2.05) is 19.1 Å². The van der Waals surface area contributed by atoms with Gasteiger partial charge in [0.1, 0.15) is 5.75 Å². The Morgan fingerprint density at radius 2 is 2.12 bits per heavy atom. The minimum absolute atomic E-state index is 0.0723. The van der Waals surface area contributed by atoms with Crippen LogP contribution < -0.4 is 4.74 Å². The molecule has 0 saturated heterocycles. The number of aliphatic hydroxyl groups is 1. The zero-order chi connectivity index (χ0) is 11.4. The Labute approximate surface area is 93.6 Å². The van der Waals surface area contributed by atoms with Gasteiger partial charge in [0.15, 0.2) is 5.75 Å². The number of ether oxygens (including phenoxy) is 1. The molecule has 4 nitrogen and oxygen atoms in total. The zero-order valence-corrected chi connectivity index (χ0v) is 8.92. The van der Waals surface area contributed by atoms with Gasteiger partial charge in [-0.2, -0.15) is 0 Å². The van der Waals surface area contributed by atoms with E-state index >= 15 is 0 Å². The number of aromatic nitrogens is 2. The molecule has 0 radical (unpaired) electrons. The molecular formula is C12H12N2O2. The second kappa shape index (κ2) is 4.72. The topological polar surface area (TPSA) is 55.2 Å². The minimum atomic E-state index is -0.0723. The highest BCUT2D eigenvalue weighted by atomic mass is 16.5. The first kappa shape index (κ1) is 10.6. The molecule has 2 aromatic heterocycles. The van der Waals surface area contributed by atoms with Crippen molar-refractivity contribution < 1.29 is 9.84 Å². The Bertz CT molecular complexity index is 469. The van der Waals surface area contributed by atoms with Crippen LogP contribution in [0.3, 0.4) is 0 Å². The van der Waals surface area contributed by atoms with Crippen LogP contribution in [-0.4, -0.2) is 15.1 Å². The monoisotopic (exact) mass is 216 g/mol. The first-order valence-electron chi connectivity index (χ1n) is 4.94. The molecule has 0 unspecified atom stereocenters. The van der Waals surface area contributed by atoms with Crippen LogP contribution in [-0.2, 0) is 6.61 Å². The molecule has 0 saturated carbocycles. The van der Waals surface area contributed by atoms with Crippen molar-refractivity contribution in [3.8, 4) is 11.5 Å². The standard InChI is InChI=1S/C12H12N2O2/c1-9-2-3-11(6-14-9)16-12-7-13-5-4-10(12)8-15/h2-7,15H,8H2,1H3. The van der Waals surface area contributed by atoms with Crippen molar-refractivity contribution in [2.75, 3.05) is 0 Å². The lowest BCUT2D eigenvalue weighted by Crippen LogP contribution is -1.93. The Morgan fingerprint density at radius 1 is 1.25 bits per heavy atom. The largest absolute Gasteiger partial charge is 0.454 e. The van der Waals surface area contributed by atoms with Gasteiger partial charge in [0.05, 0.1) is 19.0 Å². The Balaban J connectivity index is 2.23. The van der Waals surface area contributed by atoms with Crippen LogP contribution in [0.4, 0.5) is 0 Å². The number of rotatable bonds is 3. The van der Waals surface area contributed by atoms with E-state index in [-0.39, 0.29) is 6.61 Å². The summed E-state index contributed by atoms with van der Waals surface area (Å²) in [7, 11) is 0. The van der Waals surface area contributed by atoms with Crippen LogP contribution >= 0.6 is 0 Å². The SMILES string of the molecule is Cc1ccc(Oc2cnccc2CO)cn1. The van der Waals surface area contributed by atoms with Gasteiger partial charge >= 0.3 is 0 Å². The van der Waals surface area contributed by atoms with Gasteiger partial charge in [-0.05, 0) is 25.1 Å². The molecule has 16 heavy (non-hydrogen) atoms. The molecule has 0 aromatic carbocycles. The van der Waals surface area contributed by atoms with E-state index in [2.05, 4.69) is 9.97 Å². The van der Waals surface area contributed by atoms with Crippen LogP contribution in [0.5, 0.6) is 11.5 Å². The second-order valence-corrected chi connectivity index (χ2v) is 3.38. The third-order valence-corrected chi connectivity index (χ3v) is 2.15. The summed E-state index contributed by atoms with van der Waals surface area (Å²) >= 11 is 0. The highest BCUT2D eigenvalue weighted by molar-refractivity contribution is 5.34. The molecule has 2 aromatic rings. The molecule has 2 heterocycles. The predicted molar refractivity (Wildman–Crippen MR) is 59.2 cm³/mol. The van der Waals surface area contributed by atoms with Crippen molar-refractivity contribution in [2.45, 2.75) is 13.5 Å². The fourth-order valence-corrected chi connectivity index (χ4v) is 1.27. The van der Waals surface area contributed by atoms with Crippen LogP contribution in [0.15, 0.2) is 36.8 Å². The van der Waals surface area contributed by atoms with Crippen molar-refractivity contribution in [1.82, 2.24) is 9.97 Å². The second-order valence-electron chi connectivity index (χ2n) is 3.38. The van der Waals surface area contributed by atoms with Crippen LogP contribution in [0.1, 0.15) is 11.3 Å². The Hall–Kier alpha value is -1.94. The van der Waals surface area contributed by atoms with Gasteiger partial charge in [-0.1, -0.05) is 0 Å². The molecule has 4 heteroatoms. The molecule has 82 valence electrons. The number of aliphatic hydroxyl groups excluding tert-OH is 1. The minimum Gasteiger partial charge on any atom is -0.454 e. The number of nitrogens with zero attached hydrogens (tertiary/aromatic N) is 2. The summed E-state index contributed by atoms with van der Waals surface area (Å²) in [4.78, 5) is 8.07. The van der Waals surface area contributed by atoms with Crippen molar-refractivity contribution >= 4 is 0 Å². The maximum absolute atomic E-state index is 9.12. The van der Waals surface area contributed by atoms with Gasteiger partial charge in [-0.25, -0.2) is 0 Å². The maximum Gasteiger partial charge on any atom is 0.151 e. The average molecular weight is 216 g/mol. The summed E-state index contributed by atoms with van der Waals surface area (Å²) in [5.74, 6) is 1.18. The number of pyridine rings is 2. The van der Waals surface area contributed by atoms with Gasteiger partial charge in [0.25, 0.3) is 0 Å². The zero-order valence-electron chi connectivity index (χ0n) is 8.92. The molecule has 0 aliphatic rings. The summed E-state index contributed by atoms with van der Waals surface area (Å²) in [6.45, 7) is 1.84. The van der Waals surface area contributed by atoms with Gasteiger partial charge in [0, 0.05) is 17.5 Å².